The number of morpholine rings is 1. The molecule has 1 aliphatic heterocycles. The van der Waals surface area contributed by atoms with Crippen molar-refractivity contribution in [3.05, 3.63) is 35.4 Å². The molecule has 2 rings (SSSR count). The van der Waals surface area contributed by atoms with Gasteiger partial charge < -0.3 is 4.74 Å². The van der Waals surface area contributed by atoms with Crippen LogP contribution < -0.4 is 11.3 Å². The Kier molecular flexibility index (Phi) is 5.42. The van der Waals surface area contributed by atoms with Crippen LogP contribution in [0, 0.1) is 11.6 Å². The van der Waals surface area contributed by atoms with Crippen LogP contribution in [0.2, 0.25) is 0 Å². The summed E-state index contributed by atoms with van der Waals surface area (Å²) in [6.07, 6.45) is 0.341. The normalized spacial score (nSPS) is 21.9. The van der Waals surface area contributed by atoms with Gasteiger partial charge in [-0.15, -0.1) is 0 Å². The fourth-order valence-electron chi connectivity index (χ4n) is 2.54. The van der Waals surface area contributed by atoms with Crippen LogP contribution in [-0.2, 0) is 11.2 Å². The number of ether oxygens (including phenoxy) is 1. The van der Waals surface area contributed by atoms with Crippen LogP contribution in [0.3, 0.4) is 0 Å². The number of hydrazine groups is 1. The lowest BCUT2D eigenvalue weighted by Crippen LogP contribution is -2.54. The maximum absolute atomic E-state index is 13.2. The zero-order valence-electron chi connectivity index (χ0n) is 11.6. The van der Waals surface area contributed by atoms with Crippen molar-refractivity contribution >= 4 is 0 Å². The summed E-state index contributed by atoms with van der Waals surface area (Å²) in [4.78, 5) is 2.27. The van der Waals surface area contributed by atoms with Gasteiger partial charge in [0.25, 0.3) is 0 Å². The Morgan fingerprint density at radius 1 is 1.40 bits per heavy atom. The first-order valence-corrected chi connectivity index (χ1v) is 6.87. The van der Waals surface area contributed by atoms with Crippen LogP contribution in [0.4, 0.5) is 8.78 Å². The van der Waals surface area contributed by atoms with Gasteiger partial charge in [-0.3, -0.25) is 16.2 Å². The molecule has 1 fully saturated rings. The van der Waals surface area contributed by atoms with Crippen molar-refractivity contribution in [1.82, 2.24) is 10.3 Å². The fraction of sp³-hybridized carbons (Fsp3) is 0.571. The lowest BCUT2D eigenvalue weighted by Gasteiger charge is -2.36. The maximum atomic E-state index is 13.2. The molecule has 4 nitrogen and oxygen atoms in total. The second-order valence-electron chi connectivity index (χ2n) is 5.06. The number of nitrogens with one attached hydrogen (secondary N) is 1. The zero-order valence-corrected chi connectivity index (χ0v) is 11.6. The van der Waals surface area contributed by atoms with E-state index in [0.717, 1.165) is 25.7 Å². The predicted octanol–water partition coefficient (Wildman–Crippen LogP) is 1.06. The first kappa shape index (κ1) is 15.3. The molecule has 1 aromatic rings. The van der Waals surface area contributed by atoms with Crippen molar-refractivity contribution in [2.75, 3.05) is 26.2 Å². The van der Waals surface area contributed by atoms with E-state index in [1.165, 1.54) is 12.1 Å². The Hall–Kier alpha value is -1.08. The molecule has 0 bridgehead atoms. The van der Waals surface area contributed by atoms with E-state index in [4.69, 9.17) is 10.6 Å². The molecule has 1 saturated heterocycles. The second-order valence-corrected chi connectivity index (χ2v) is 5.06. The van der Waals surface area contributed by atoms with Crippen LogP contribution in [0.25, 0.3) is 0 Å². The molecule has 1 aromatic carbocycles. The molecule has 0 amide bonds. The summed E-state index contributed by atoms with van der Waals surface area (Å²) in [5.74, 6) is 4.43. The predicted molar refractivity (Wildman–Crippen MR) is 73.0 cm³/mol. The third-order valence-corrected chi connectivity index (χ3v) is 3.67. The summed E-state index contributed by atoms with van der Waals surface area (Å²) in [6, 6.07) is 3.34. The number of hydrogen-bond acceptors (Lipinski definition) is 4. The van der Waals surface area contributed by atoms with Gasteiger partial charge in [-0.05, 0) is 30.7 Å². The van der Waals surface area contributed by atoms with Crippen molar-refractivity contribution in [2.45, 2.75) is 25.5 Å². The third kappa shape index (κ3) is 3.96. The van der Waals surface area contributed by atoms with E-state index in [-0.39, 0.29) is 12.1 Å². The molecule has 0 radical (unpaired) electrons. The minimum Gasteiger partial charge on any atom is -0.374 e. The van der Waals surface area contributed by atoms with Crippen LogP contribution >= 0.6 is 0 Å². The molecule has 0 saturated carbocycles. The summed E-state index contributed by atoms with van der Waals surface area (Å²) in [5.41, 5.74) is 3.28. The highest BCUT2D eigenvalue weighted by Crippen LogP contribution is 2.15. The lowest BCUT2D eigenvalue weighted by atomic mass is 10.0. The van der Waals surface area contributed by atoms with E-state index in [2.05, 4.69) is 17.2 Å². The van der Waals surface area contributed by atoms with Crippen LogP contribution in [0.5, 0.6) is 0 Å². The topological polar surface area (TPSA) is 50.5 Å². The first-order chi connectivity index (χ1) is 9.62. The number of likely N-dealkylation sites (N-methyl/N-ethyl adjacent to an activating group) is 1. The highest BCUT2D eigenvalue weighted by atomic mass is 19.1. The molecule has 2 unspecified atom stereocenters. The summed E-state index contributed by atoms with van der Waals surface area (Å²) in [7, 11) is 0. The number of hydrogen-bond donors (Lipinski definition) is 2. The zero-order chi connectivity index (χ0) is 14.5. The van der Waals surface area contributed by atoms with Gasteiger partial charge in [0.15, 0.2) is 0 Å². The Bertz CT molecular complexity index is 424. The molecule has 0 aliphatic carbocycles. The van der Waals surface area contributed by atoms with Crippen molar-refractivity contribution in [1.29, 1.82) is 0 Å². The summed E-state index contributed by atoms with van der Waals surface area (Å²) < 4.78 is 32.1. The Morgan fingerprint density at radius 3 is 2.70 bits per heavy atom. The number of nitrogens with zero attached hydrogens (tertiary/aromatic N) is 1. The monoisotopic (exact) mass is 285 g/mol. The van der Waals surface area contributed by atoms with Gasteiger partial charge in [0, 0.05) is 19.2 Å². The van der Waals surface area contributed by atoms with E-state index in [1.54, 1.807) is 0 Å². The molecular formula is C14H21F2N3O. The molecule has 1 heterocycles. The summed E-state index contributed by atoms with van der Waals surface area (Å²) in [6.45, 7) is 5.36. The second kappa shape index (κ2) is 7.08. The molecule has 1 aliphatic rings. The number of halogens is 2. The Balaban J connectivity index is 2.04. The molecule has 112 valence electrons. The van der Waals surface area contributed by atoms with Gasteiger partial charge in [-0.1, -0.05) is 6.92 Å². The Morgan fingerprint density at radius 2 is 2.10 bits per heavy atom. The van der Waals surface area contributed by atoms with Crippen LogP contribution in [-0.4, -0.2) is 43.3 Å². The fourth-order valence-corrected chi connectivity index (χ4v) is 2.54. The highest BCUT2D eigenvalue weighted by molar-refractivity contribution is 5.19. The van der Waals surface area contributed by atoms with Gasteiger partial charge >= 0.3 is 0 Å². The van der Waals surface area contributed by atoms with E-state index >= 15 is 0 Å². The number of benzene rings is 1. The first-order valence-electron chi connectivity index (χ1n) is 6.87. The largest absolute Gasteiger partial charge is 0.374 e. The molecule has 0 aromatic heterocycles. The van der Waals surface area contributed by atoms with Gasteiger partial charge in [-0.2, -0.15) is 0 Å². The van der Waals surface area contributed by atoms with Gasteiger partial charge in [0.2, 0.25) is 0 Å². The van der Waals surface area contributed by atoms with Gasteiger partial charge in [0.1, 0.15) is 11.6 Å². The summed E-state index contributed by atoms with van der Waals surface area (Å²) >= 11 is 0. The van der Waals surface area contributed by atoms with E-state index in [0.29, 0.717) is 18.6 Å². The average molecular weight is 285 g/mol. The maximum Gasteiger partial charge on any atom is 0.126 e. The van der Waals surface area contributed by atoms with Crippen molar-refractivity contribution in [2.24, 2.45) is 5.84 Å². The molecular weight excluding hydrogens is 264 g/mol. The molecule has 6 heteroatoms. The van der Waals surface area contributed by atoms with Gasteiger partial charge in [0.05, 0.1) is 18.8 Å². The third-order valence-electron chi connectivity index (χ3n) is 3.67. The van der Waals surface area contributed by atoms with Crippen LogP contribution in [0.15, 0.2) is 18.2 Å². The number of nitrogens with two attached hydrogens (primary N) is 1. The minimum absolute atomic E-state index is 0.0833. The minimum atomic E-state index is -0.574. The highest BCUT2D eigenvalue weighted by Gasteiger charge is 2.27. The van der Waals surface area contributed by atoms with Crippen molar-refractivity contribution in [3.63, 3.8) is 0 Å². The molecule has 2 atom stereocenters. The van der Waals surface area contributed by atoms with Crippen molar-refractivity contribution < 1.29 is 13.5 Å². The summed E-state index contributed by atoms with van der Waals surface area (Å²) in [5, 5.41) is 0. The van der Waals surface area contributed by atoms with Crippen LogP contribution in [0.1, 0.15) is 12.5 Å². The molecule has 3 N–H and O–H groups in total. The van der Waals surface area contributed by atoms with E-state index in [9.17, 15) is 8.78 Å². The van der Waals surface area contributed by atoms with E-state index < -0.39 is 11.6 Å². The lowest BCUT2D eigenvalue weighted by molar-refractivity contribution is -0.0448. The SMILES string of the molecule is CCN1CCOC(C(Cc2cc(F)cc(F)c2)NN)C1. The quantitative estimate of drug-likeness (QED) is 0.627. The molecule has 20 heavy (non-hydrogen) atoms. The molecule has 0 spiro atoms. The van der Waals surface area contributed by atoms with Crippen molar-refractivity contribution in [3.8, 4) is 0 Å². The average Bonchev–Trinajstić information content (AvgIpc) is 2.44. The van der Waals surface area contributed by atoms with E-state index in [1.807, 2.05) is 0 Å². The smallest absolute Gasteiger partial charge is 0.126 e. The van der Waals surface area contributed by atoms with Gasteiger partial charge in [-0.25, -0.2) is 8.78 Å². The number of rotatable bonds is 5. The standard InChI is InChI=1S/C14H21F2N3O/c1-2-19-3-4-20-14(9-19)13(18-17)7-10-5-11(15)8-12(16)6-10/h5-6,8,13-14,18H,2-4,7,9,17H2,1H3. The Labute approximate surface area is 117 Å².